The molecule has 0 spiro atoms. The van der Waals surface area contributed by atoms with Crippen molar-refractivity contribution in [3.05, 3.63) is 64.1 Å². The van der Waals surface area contributed by atoms with E-state index in [4.69, 9.17) is 0 Å². The third-order valence-corrected chi connectivity index (χ3v) is 3.98. The van der Waals surface area contributed by atoms with E-state index in [2.05, 4.69) is 16.8 Å². The van der Waals surface area contributed by atoms with Gasteiger partial charge in [0.15, 0.2) is 0 Å². The fourth-order valence-corrected chi connectivity index (χ4v) is 2.99. The summed E-state index contributed by atoms with van der Waals surface area (Å²) >= 11 is 0. The molecule has 0 aliphatic carbocycles. The molecule has 5 nitrogen and oxygen atoms in total. The Labute approximate surface area is 127 Å². The Balaban J connectivity index is 1.92. The number of halogens is 1. The van der Waals surface area contributed by atoms with Crippen LogP contribution in [-0.4, -0.2) is 16.5 Å². The molecule has 3 rings (SSSR count). The molecule has 6 heteroatoms. The Kier molecular flexibility index (Phi) is 3.75. The molecule has 1 aliphatic rings. The molecule has 1 fully saturated rings. The minimum atomic E-state index is -0.465. The van der Waals surface area contributed by atoms with Crippen molar-refractivity contribution in [3.8, 4) is 0 Å². The van der Waals surface area contributed by atoms with Gasteiger partial charge in [0.2, 0.25) is 0 Å². The monoisotopic (exact) mass is 301 g/mol. The highest BCUT2D eigenvalue weighted by Crippen LogP contribution is 2.38. The first-order valence-electron chi connectivity index (χ1n) is 7.17. The van der Waals surface area contributed by atoms with Crippen LogP contribution in [0.3, 0.4) is 0 Å². The van der Waals surface area contributed by atoms with Gasteiger partial charge in [0.1, 0.15) is 17.8 Å². The van der Waals surface area contributed by atoms with Gasteiger partial charge in [-0.2, -0.15) is 0 Å². The molecule has 1 aromatic heterocycles. The molecular formula is C16H16FN3O2. The summed E-state index contributed by atoms with van der Waals surface area (Å²) < 4.78 is 13.5. The average Bonchev–Trinajstić information content (AvgIpc) is 2.89. The maximum atomic E-state index is 13.5. The Morgan fingerprint density at radius 3 is 2.82 bits per heavy atom. The van der Waals surface area contributed by atoms with Gasteiger partial charge < -0.3 is 4.90 Å². The molecule has 2 unspecified atom stereocenters. The summed E-state index contributed by atoms with van der Waals surface area (Å²) in [5.41, 5.74) is 0.878. The van der Waals surface area contributed by atoms with E-state index in [1.54, 1.807) is 18.2 Å². The van der Waals surface area contributed by atoms with E-state index in [9.17, 15) is 14.5 Å². The van der Waals surface area contributed by atoms with E-state index in [1.165, 1.54) is 18.3 Å². The lowest BCUT2D eigenvalue weighted by Gasteiger charge is -2.26. The molecule has 0 saturated carbocycles. The number of rotatable bonds is 3. The second-order valence-electron chi connectivity index (χ2n) is 5.70. The van der Waals surface area contributed by atoms with Gasteiger partial charge in [-0.15, -0.1) is 0 Å². The second-order valence-corrected chi connectivity index (χ2v) is 5.70. The van der Waals surface area contributed by atoms with Crippen LogP contribution >= 0.6 is 0 Å². The minimum Gasteiger partial charge on any atom is -0.349 e. The first-order valence-corrected chi connectivity index (χ1v) is 7.17. The van der Waals surface area contributed by atoms with E-state index in [0.717, 1.165) is 18.5 Å². The van der Waals surface area contributed by atoms with E-state index in [-0.39, 0.29) is 17.5 Å². The van der Waals surface area contributed by atoms with Crippen molar-refractivity contribution in [1.82, 2.24) is 4.98 Å². The molecule has 0 bridgehead atoms. The summed E-state index contributed by atoms with van der Waals surface area (Å²) in [5, 5.41) is 10.7. The maximum absolute atomic E-state index is 13.5. The predicted molar refractivity (Wildman–Crippen MR) is 81.2 cm³/mol. The number of nitro groups is 1. The standard InChI is InChI=1S/C16H16FN3O2/c1-11-7-15(12-3-2-4-13(17)8-12)19(10-11)16-6-5-14(9-18-16)20(21)22/h2-6,8-9,11,15H,7,10H2,1H3. The molecule has 1 aliphatic heterocycles. The van der Waals surface area contributed by atoms with E-state index >= 15 is 0 Å². The molecule has 2 heterocycles. The lowest BCUT2D eigenvalue weighted by Crippen LogP contribution is -2.24. The van der Waals surface area contributed by atoms with E-state index in [0.29, 0.717) is 11.7 Å². The minimum absolute atomic E-state index is 0.0294. The third kappa shape index (κ3) is 2.77. The molecule has 22 heavy (non-hydrogen) atoms. The largest absolute Gasteiger partial charge is 0.349 e. The van der Waals surface area contributed by atoms with Crippen molar-refractivity contribution in [3.63, 3.8) is 0 Å². The molecule has 0 amide bonds. The fraction of sp³-hybridized carbons (Fsp3) is 0.312. The van der Waals surface area contributed by atoms with Crippen LogP contribution in [0.25, 0.3) is 0 Å². The predicted octanol–water partition coefficient (Wildman–Crippen LogP) is 3.72. The molecule has 1 aromatic carbocycles. The van der Waals surface area contributed by atoms with Crippen LogP contribution < -0.4 is 4.90 Å². The zero-order valence-electron chi connectivity index (χ0n) is 12.1. The van der Waals surface area contributed by atoms with Crippen LogP contribution in [0.15, 0.2) is 42.6 Å². The third-order valence-electron chi connectivity index (χ3n) is 3.98. The summed E-state index contributed by atoms with van der Waals surface area (Å²) in [5.74, 6) is 0.878. The Bertz CT molecular complexity index is 690. The molecule has 2 aromatic rings. The van der Waals surface area contributed by atoms with Crippen LogP contribution in [0.5, 0.6) is 0 Å². The van der Waals surface area contributed by atoms with Gasteiger partial charge in [0, 0.05) is 12.6 Å². The van der Waals surface area contributed by atoms with Crippen LogP contribution in [0.4, 0.5) is 15.9 Å². The highest BCUT2D eigenvalue weighted by molar-refractivity contribution is 5.47. The Morgan fingerprint density at radius 1 is 1.36 bits per heavy atom. The van der Waals surface area contributed by atoms with Gasteiger partial charge in [-0.05, 0) is 36.1 Å². The number of hydrogen-bond acceptors (Lipinski definition) is 4. The van der Waals surface area contributed by atoms with E-state index < -0.39 is 4.92 Å². The van der Waals surface area contributed by atoms with Crippen LogP contribution in [0.1, 0.15) is 24.9 Å². The van der Waals surface area contributed by atoms with Gasteiger partial charge >= 0.3 is 0 Å². The van der Waals surface area contributed by atoms with E-state index in [1.807, 2.05) is 6.07 Å². The van der Waals surface area contributed by atoms with Crippen LogP contribution in [-0.2, 0) is 0 Å². The van der Waals surface area contributed by atoms with Crippen molar-refractivity contribution >= 4 is 11.5 Å². The molecule has 114 valence electrons. The second kappa shape index (κ2) is 5.71. The summed E-state index contributed by atoms with van der Waals surface area (Å²) in [6, 6.07) is 9.73. The Morgan fingerprint density at radius 2 is 2.18 bits per heavy atom. The van der Waals surface area contributed by atoms with Crippen LogP contribution in [0.2, 0.25) is 0 Å². The highest BCUT2D eigenvalue weighted by Gasteiger charge is 2.32. The van der Waals surface area contributed by atoms with Crippen molar-refractivity contribution < 1.29 is 9.31 Å². The summed E-state index contributed by atoms with van der Waals surface area (Å²) in [4.78, 5) is 16.5. The van der Waals surface area contributed by atoms with Crippen molar-refractivity contribution in [1.29, 1.82) is 0 Å². The molecule has 2 atom stereocenters. The quantitative estimate of drug-likeness (QED) is 0.640. The smallest absolute Gasteiger partial charge is 0.287 e. The highest BCUT2D eigenvalue weighted by atomic mass is 19.1. The number of benzene rings is 1. The zero-order valence-corrected chi connectivity index (χ0v) is 12.1. The normalized spacial score (nSPS) is 21.1. The molecule has 1 saturated heterocycles. The van der Waals surface area contributed by atoms with Gasteiger partial charge in [-0.3, -0.25) is 10.1 Å². The fourth-order valence-electron chi connectivity index (χ4n) is 2.99. The van der Waals surface area contributed by atoms with Gasteiger partial charge in [0.25, 0.3) is 5.69 Å². The van der Waals surface area contributed by atoms with Gasteiger partial charge in [-0.1, -0.05) is 19.1 Å². The summed E-state index contributed by atoms with van der Waals surface area (Å²) in [6.45, 7) is 2.93. The SMILES string of the molecule is CC1CC(c2cccc(F)c2)N(c2ccc([N+](=O)[O-])cn2)C1. The Hall–Kier alpha value is -2.50. The molecule has 0 N–H and O–H groups in total. The average molecular weight is 301 g/mol. The molecule has 0 radical (unpaired) electrons. The van der Waals surface area contributed by atoms with Gasteiger partial charge in [-0.25, -0.2) is 9.37 Å². The molecular weight excluding hydrogens is 285 g/mol. The number of hydrogen-bond donors (Lipinski definition) is 0. The number of nitrogens with zero attached hydrogens (tertiary/aromatic N) is 3. The first kappa shape index (κ1) is 14.4. The topological polar surface area (TPSA) is 59.3 Å². The lowest BCUT2D eigenvalue weighted by atomic mass is 10.0. The van der Waals surface area contributed by atoms with Crippen molar-refractivity contribution in [2.75, 3.05) is 11.4 Å². The van der Waals surface area contributed by atoms with Gasteiger partial charge in [0.05, 0.1) is 11.0 Å². The number of pyridine rings is 1. The van der Waals surface area contributed by atoms with Crippen molar-refractivity contribution in [2.24, 2.45) is 5.92 Å². The first-order chi connectivity index (χ1) is 10.5. The summed E-state index contributed by atoms with van der Waals surface area (Å²) in [6.07, 6.45) is 2.17. The summed E-state index contributed by atoms with van der Waals surface area (Å²) in [7, 11) is 0. The van der Waals surface area contributed by atoms with Crippen LogP contribution in [0, 0.1) is 21.8 Å². The maximum Gasteiger partial charge on any atom is 0.287 e. The van der Waals surface area contributed by atoms with Crippen molar-refractivity contribution in [2.45, 2.75) is 19.4 Å². The number of anilines is 1. The number of aromatic nitrogens is 1. The lowest BCUT2D eigenvalue weighted by molar-refractivity contribution is -0.385. The zero-order chi connectivity index (χ0) is 15.7.